The van der Waals surface area contributed by atoms with E-state index in [0.717, 1.165) is 11.8 Å². The van der Waals surface area contributed by atoms with Crippen molar-refractivity contribution in [2.45, 2.75) is 11.8 Å². The van der Waals surface area contributed by atoms with Gasteiger partial charge in [0.2, 0.25) is 11.1 Å². The summed E-state index contributed by atoms with van der Waals surface area (Å²) in [6.07, 6.45) is 0. The third-order valence-electron chi connectivity index (χ3n) is 3.40. The molecule has 1 aromatic heterocycles. The van der Waals surface area contributed by atoms with E-state index in [2.05, 4.69) is 15.5 Å². The number of hydrogen-bond acceptors (Lipinski definition) is 6. The van der Waals surface area contributed by atoms with Crippen LogP contribution in [-0.2, 0) is 11.4 Å². The molecule has 3 rings (SSSR count). The number of amides is 1. The molecule has 0 fully saturated rings. The van der Waals surface area contributed by atoms with Gasteiger partial charge in [-0.3, -0.25) is 4.79 Å². The van der Waals surface area contributed by atoms with E-state index in [1.54, 1.807) is 36.4 Å². The van der Waals surface area contributed by atoms with Crippen molar-refractivity contribution in [3.8, 4) is 5.75 Å². The zero-order valence-corrected chi connectivity index (χ0v) is 15.5. The van der Waals surface area contributed by atoms with Crippen LogP contribution in [0, 0.1) is 5.82 Å². The first kappa shape index (κ1) is 19.0. The number of para-hydroxylation sites is 1. The van der Waals surface area contributed by atoms with Gasteiger partial charge in [0.05, 0.1) is 11.4 Å². The summed E-state index contributed by atoms with van der Waals surface area (Å²) < 4.78 is 20.4. The van der Waals surface area contributed by atoms with E-state index in [-0.39, 0.29) is 24.0 Å². The van der Waals surface area contributed by atoms with Crippen LogP contribution in [0.5, 0.6) is 5.75 Å². The zero-order valence-electron chi connectivity index (χ0n) is 13.9. The molecular weight excluding hydrogens is 393 g/mol. The molecule has 0 unspecified atom stereocenters. The van der Waals surface area contributed by atoms with Crippen LogP contribution in [0.15, 0.2) is 53.7 Å². The number of nitrogens with two attached hydrogens (primary N) is 1. The minimum absolute atomic E-state index is 0.00170. The van der Waals surface area contributed by atoms with Crippen LogP contribution in [0.4, 0.5) is 10.1 Å². The van der Waals surface area contributed by atoms with Gasteiger partial charge in [-0.25, -0.2) is 9.07 Å². The molecule has 2 aromatic carbocycles. The average Bonchev–Trinajstić information content (AvgIpc) is 3.01. The van der Waals surface area contributed by atoms with Crippen molar-refractivity contribution in [3.63, 3.8) is 0 Å². The summed E-state index contributed by atoms with van der Waals surface area (Å²) in [5, 5.41) is 11.3. The molecule has 7 nitrogen and oxygen atoms in total. The number of nitrogen functional groups attached to an aromatic ring is 1. The van der Waals surface area contributed by atoms with Crippen LogP contribution < -0.4 is 15.9 Å². The second-order valence-corrected chi connectivity index (χ2v) is 6.71. The first-order valence-electron chi connectivity index (χ1n) is 7.78. The molecule has 3 aromatic rings. The van der Waals surface area contributed by atoms with E-state index < -0.39 is 5.82 Å². The van der Waals surface area contributed by atoms with Crippen LogP contribution in [0.1, 0.15) is 5.82 Å². The molecule has 140 valence electrons. The highest BCUT2D eigenvalue weighted by atomic mass is 35.5. The fraction of sp³-hybridized carbons (Fsp3) is 0.118. The van der Waals surface area contributed by atoms with Gasteiger partial charge in [0, 0.05) is 5.02 Å². The lowest BCUT2D eigenvalue weighted by atomic mass is 10.3. The molecule has 1 amide bonds. The van der Waals surface area contributed by atoms with Crippen molar-refractivity contribution in [3.05, 3.63) is 65.2 Å². The average molecular weight is 408 g/mol. The summed E-state index contributed by atoms with van der Waals surface area (Å²) in [4.78, 5) is 12.0. The number of ether oxygens (including phenoxy) is 1. The van der Waals surface area contributed by atoms with Gasteiger partial charge in [0.25, 0.3) is 0 Å². The van der Waals surface area contributed by atoms with Crippen LogP contribution in [-0.4, -0.2) is 26.5 Å². The lowest BCUT2D eigenvalue weighted by molar-refractivity contribution is -0.113. The third-order valence-corrected chi connectivity index (χ3v) is 4.59. The van der Waals surface area contributed by atoms with Gasteiger partial charge in [-0.2, -0.15) is 0 Å². The summed E-state index contributed by atoms with van der Waals surface area (Å²) in [5.41, 5.74) is 0.120. The maximum Gasteiger partial charge on any atom is 0.234 e. The Balaban J connectivity index is 1.53. The fourth-order valence-corrected chi connectivity index (χ4v) is 2.86. The molecule has 3 N–H and O–H groups in total. The maximum atomic E-state index is 13.5. The van der Waals surface area contributed by atoms with Gasteiger partial charge in [0.1, 0.15) is 18.2 Å². The molecule has 27 heavy (non-hydrogen) atoms. The Labute approximate surface area is 163 Å². The number of hydrogen-bond donors (Lipinski definition) is 2. The zero-order chi connectivity index (χ0) is 19.2. The minimum atomic E-state index is -0.500. The van der Waals surface area contributed by atoms with Gasteiger partial charge < -0.3 is 15.9 Å². The first-order chi connectivity index (χ1) is 13.0. The summed E-state index contributed by atoms with van der Waals surface area (Å²) in [7, 11) is 0. The van der Waals surface area contributed by atoms with Gasteiger partial charge in [-0.15, -0.1) is 10.2 Å². The fourth-order valence-electron chi connectivity index (χ4n) is 2.06. The molecule has 0 aliphatic rings. The van der Waals surface area contributed by atoms with Crippen molar-refractivity contribution in [2.75, 3.05) is 16.9 Å². The van der Waals surface area contributed by atoms with Gasteiger partial charge in [-0.1, -0.05) is 35.5 Å². The quantitative estimate of drug-likeness (QED) is 0.461. The Hall–Kier alpha value is -2.78. The predicted octanol–water partition coefficient (Wildman–Crippen LogP) is 3.09. The first-order valence-corrected chi connectivity index (χ1v) is 9.14. The molecule has 0 spiro atoms. The molecule has 1 heterocycles. The number of benzene rings is 2. The van der Waals surface area contributed by atoms with Gasteiger partial charge >= 0.3 is 0 Å². The van der Waals surface area contributed by atoms with E-state index in [1.165, 1.54) is 16.8 Å². The third kappa shape index (κ3) is 5.11. The summed E-state index contributed by atoms with van der Waals surface area (Å²) in [6, 6.07) is 12.8. The lowest BCUT2D eigenvalue weighted by Gasteiger charge is -2.07. The van der Waals surface area contributed by atoms with E-state index in [1.807, 2.05) is 0 Å². The number of carbonyl (C=O) groups excluding carboxylic acids is 1. The maximum absolute atomic E-state index is 13.5. The van der Waals surface area contributed by atoms with Crippen molar-refractivity contribution >= 4 is 35.0 Å². The van der Waals surface area contributed by atoms with Crippen molar-refractivity contribution in [2.24, 2.45) is 0 Å². The number of nitrogens with one attached hydrogen (secondary N) is 1. The topological polar surface area (TPSA) is 95.1 Å². The van der Waals surface area contributed by atoms with Crippen molar-refractivity contribution in [1.82, 2.24) is 14.9 Å². The summed E-state index contributed by atoms with van der Waals surface area (Å²) in [5.74, 6) is 6.05. The highest BCUT2D eigenvalue weighted by Gasteiger charge is 2.13. The highest BCUT2D eigenvalue weighted by Crippen LogP contribution is 2.19. The Morgan fingerprint density at radius 2 is 1.96 bits per heavy atom. The monoisotopic (exact) mass is 407 g/mol. The minimum Gasteiger partial charge on any atom is -0.486 e. The normalized spacial score (nSPS) is 10.6. The molecule has 0 atom stereocenters. The van der Waals surface area contributed by atoms with E-state index in [9.17, 15) is 9.18 Å². The second kappa shape index (κ2) is 8.74. The molecular formula is C17H15ClFN5O2S. The summed E-state index contributed by atoms with van der Waals surface area (Å²) in [6.45, 7) is 0.104. The largest absolute Gasteiger partial charge is 0.486 e. The van der Waals surface area contributed by atoms with Crippen LogP contribution in [0.3, 0.4) is 0 Å². The molecule has 0 radical (unpaired) electrons. The van der Waals surface area contributed by atoms with Crippen molar-refractivity contribution in [1.29, 1.82) is 0 Å². The molecule has 0 saturated heterocycles. The number of aromatic nitrogens is 3. The Morgan fingerprint density at radius 3 is 2.70 bits per heavy atom. The van der Waals surface area contributed by atoms with E-state index in [4.69, 9.17) is 22.2 Å². The number of thioether (sulfide) groups is 1. The molecule has 0 saturated carbocycles. The van der Waals surface area contributed by atoms with Crippen molar-refractivity contribution < 1.29 is 13.9 Å². The molecule has 10 heteroatoms. The van der Waals surface area contributed by atoms with E-state index in [0.29, 0.717) is 21.8 Å². The molecule has 0 bridgehead atoms. The van der Waals surface area contributed by atoms with Crippen LogP contribution >= 0.6 is 23.4 Å². The van der Waals surface area contributed by atoms with Gasteiger partial charge in [0.15, 0.2) is 5.82 Å². The molecule has 0 aliphatic heterocycles. The second-order valence-electron chi connectivity index (χ2n) is 5.33. The highest BCUT2D eigenvalue weighted by molar-refractivity contribution is 7.99. The smallest absolute Gasteiger partial charge is 0.234 e. The molecule has 0 aliphatic carbocycles. The van der Waals surface area contributed by atoms with Gasteiger partial charge in [-0.05, 0) is 36.4 Å². The summed E-state index contributed by atoms with van der Waals surface area (Å²) >= 11 is 6.90. The van der Waals surface area contributed by atoms with E-state index >= 15 is 0 Å². The standard InChI is InChI=1S/C17H15ClFN5O2S/c18-11-5-7-12(8-6-11)26-9-15-22-23-17(24(15)20)27-10-16(25)21-14-4-2-1-3-13(14)19/h1-8H,9-10,20H2,(H,21,25). The SMILES string of the molecule is Nn1c(COc2ccc(Cl)cc2)nnc1SCC(=O)Nc1ccccc1F. The number of rotatable bonds is 7. The van der Waals surface area contributed by atoms with Crippen LogP contribution in [0.2, 0.25) is 5.02 Å². The Bertz CT molecular complexity index is 935. The number of carbonyl (C=O) groups is 1. The van der Waals surface area contributed by atoms with Crippen LogP contribution in [0.25, 0.3) is 0 Å². The predicted molar refractivity (Wildman–Crippen MR) is 102 cm³/mol. The number of halogens is 2. The lowest BCUT2D eigenvalue weighted by Crippen LogP contribution is -2.18. The Kier molecular flexibility index (Phi) is 6.15. The number of nitrogens with zero attached hydrogens (tertiary/aromatic N) is 3. The Morgan fingerprint density at radius 1 is 1.22 bits per heavy atom. The number of anilines is 1.